The van der Waals surface area contributed by atoms with E-state index in [-0.39, 0.29) is 16.7 Å². The summed E-state index contributed by atoms with van der Waals surface area (Å²) in [6.45, 7) is 0. The largest absolute Gasteiger partial charge is 0.478 e. The summed E-state index contributed by atoms with van der Waals surface area (Å²) in [5.74, 6) is -3.11. The van der Waals surface area contributed by atoms with E-state index in [2.05, 4.69) is 0 Å². The SMILES string of the molecule is O=C(O)c1ccc(C(=O)O)cc1.O=Cc1ccc(C(=O)O)cc1. The van der Waals surface area contributed by atoms with Gasteiger partial charge in [0.15, 0.2) is 0 Å². The van der Waals surface area contributed by atoms with E-state index in [1.807, 2.05) is 0 Å². The lowest BCUT2D eigenvalue weighted by atomic mass is 10.1. The number of carbonyl (C=O) groups excluding carboxylic acids is 1. The van der Waals surface area contributed by atoms with E-state index in [4.69, 9.17) is 15.3 Å². The number of rotatable bonds is 4. The van der Waals surface area contributed by atoms with Crippen LogP contribution in [0.15, 0.2) is 48.5 Å². The summed E-state index contributed by atoms with van der Waals surface area (Å²) >= 11 is 0. The predicted molar refractivity (Wildman–Crippen MR) is 79.1 cm³/mol. The summed E-state index contributed by atoms with van der Waals surface area (Å²) in [5.41, 5.74) is 0.839. The van der Waals surface area contributed by atoms with Crippen LogP contribution in [0.2, 0.25) is 0 Å². The van der Waals surface area contributed by atoms with Crippen molar-refractivity contribution in [3.8, 4) is 0 Å². The Kier molecular flexibility index (Phi) is 6.17. The number of aromatic carboxylic acids is 3. The van der Waals surface area contributed by atoms with Crippen molar-refractivity contribution in [2.75, 3.05) is 0 Å². The van der Waals surface area contributed by atoms with Crippen LogP contribution in [0.4, 0.5) is 0 Å². The van der Waals surface area contributed by atoms with Gasteiger partial charge in [0.1, 0.15) is 6.29 Å². The fourth-order valence-corrected chi connectivity index (χ4v) is 1.46. The molecule has 0 aromatic heterocycles. The van der Waals surface area contributed by atoms with E-state index in [1.165, 1.54) is 48.5 Å². The molecule has 0 bridgehead atoms. The van der Waals surface area contributed by atoms with Gasteiger partial charge in [0.05, 0.1) is 16.7 Å². The third-order valence-electron chi connectivity index (χ3n) is 2.67. The zero-order valence-corrected chi connectivity index (χ0v) is 11.7. The van der Waals surface area contributed by atoms with Crippen molar-refractivity contribution in [1.29, 1.82) is 0 Å². The third-order valence-corrected chi connectivity index (χ3v) is 2.67. The normalized spacial score (nSPS) is 9.22. The first-order valence-corrected chi connectivity index (χ1v) is 6.20. The minimum Gasteiger partial charge on any atom is -0.478 e. The number of hydrogen-bond donors (Lipinski definition) is 3. The molecule has 0 saturated heterocycles. The first kappa shape index (κ1) is 17.6. The van der Waals surface area contributed by atoms with Crippen LogP contribution in [0.3, 0.4) is 0 Å². The summed E-state index contributed by atoms with van der Waals surface area (Å²) in [6.07, 6.45) is 0.672. The van der Waals surface area contributed by atoms with E-state index < -0.39 is 17.9 Å². The van der Waals surface area contributed by atoms with Crippen molar-refractivity contribution >= 4 is 24.2 Å². The van der Waals surface area contributed by atoms with E-state index in [1.54, 1.807) is 0 Å². The highest BCUT2D eigenvalue weighted by Crippen LogP contribution is 2.04. The molecular formula is C16H12O7. The fraction of sp³-hybridized carbons (Fsp3) is 0. The lowest BCUT2D eigenvalue weighted by molar-refractivity contribution is 0.0681. The minimum atomic E-state index is -1.06. The van der Waals surface area contributed by atoms with Crippen molar-refractivity contribution in [1.82, 2.24) is 0 Å². The lowest BCUT2D eigenvalue weighted by Gasteiger charge is -1.94. The molecule has 2 aromatic rings. The highest BCUT2D eigenvalue weighted by Gasteiger charge is 2.04. The Hall–Kier alpha value is -3.48. The Labute approximate surface area is 130 Å². The van der Waals surface area contributed by atoms with E-state index in [0.717, 1.165) is 0 Å². The maximum atomic E-state index is 10.3. The minimum absolute atomic E-state index is 0.0833. The smallest absolute Gasteiger partial charge is 0.335 e. The van der Waals surface area contributed by atoms with Gasteiger partial charge >= 0.3 is 17.9 Å². The standard InChI is InChI=1S/C8H6O4.C8H6O3/c9-7(10)5-1-2-6(4-3-5)8(11)12;9-5-6-1-3-7(4-2-6)8(10)11/h1-4H,(H,9,10)(H,11,12);1-5H,(H,10,11). The molecule has 0 unspecified atom stereocenters. The average Bonchev–Trinajstić information content (AvgIpc) is 2.55. The summed E-state index contributed by atoms with van der Waals surface area (Å²) < 4.78 is 0. The summed E-state index contributed by atoms with van der Waals surface area (Å²) in [5, 5.41) is 25.4. The van der Waals surface area contributed by atoms with Crippen molar-refractivity contribution < 1.29 is 34.5 Å². The molecule has 0 radical (unpaired) electrons. The van der Waals surface area contributed by atoms with Gasteiger partial charge in [-0.05, 0) is 36.4 Å². The van der Waals surface area contributed by atoms with Gasteiger partial charge in [-0.25, -0.2) is 14.4 Å². The molecule has 0 saturated carbocycles. The first-order chi connectivity index (χ1) is 10.8. The van der Waals surface area contributed by atoms with E-state index >= 15 is 0 Å². The zero-order chi connectivity index (χ0) is 17.4. The highest BCUT2D eigenvalue weighted by atomic mass is 16.4. The summed E-state index contributed by atoms with van der Waals surface area (Å²) in [7, 11) is 0. The van der Waals surface area contributed by atoms with Gasteiger partial charge in [-0.1, -0.05) is 12.1 Å². The van der Waals surface area contributed by atoms with Crippen LogP contribution >= 0.6 is 0 Å². The van der Waals surface area contributed by atoms with E-state index in [9.17, 15) is 19.2 Å². The Morgan fingerprint density at radius 1 is 0.609 bits per heavy atom. The second-order valence-electron chi connectivity index (χ2n) is 4.23. The number of carboxylic acid groups (broad SMARTS) is 3. The van der Waals surface area contributed by atoms with Crippen molar-refractivity contribution in [2.24, 2.45) is 0 Å². The Balaban J connectivity index is 0.000000231. The fourth-order valence-electron chi connectivity index (χ4n) is 1.46. The molecular weight excluding hydrogens is 304 g/mol. The molecule has 0 atom stereocenters. The predicted octanol–water partition coefficient (Wildman–Crippen LogP) is 2.28. The molecule has 7 nitrogen and oxygen atoms in total. The number of hydrogen-bond acceptors (Lipinski definition) is 4. The maximum Gasteiger partial charge on any atom is 0.335 e. The van der Waals surface area contributed by atoms with Gasteiger partial charge in [0, 0.05) is 5.56 Å². The second-order valence-corrected chi connectivity index (χ2v) is 4.23. The third kappa shape index (κ3) is 5.43. The molecule has 0 aliphatic heterocycles. The molecule has 0 spiro atoms. The summed E-state index contributed by atoms with van der Waals surface area (Å²) in [6, 6.07) is 10.8. The average molecular weight is 316 g/mol. The molecule has 0 aliphatic carbocycles. The molecule has 0 aliphatic rings. The second kappa shape index (κ2) is 8.08. The van der Waals surface area contributed by atoms with Crippen LogP contribution in [0.1, 0.15) is 41.4 Å². The van der Waals surface area contributed by atoms with Crippen LogP contribution in [0.25, 0.3) is 0 Å². The quantitative estimate of drug-likeness (QED) is 0.738. The molecule has 23 heavy (non-hydrogen) atoms. The van der Waals surface area contributed by atoms with Crippen molar-refractivity contribution in [2.45, 2.75) is 0 Å². The molecule has 3 N–H and O–H groups in total. The number of benzene rings is 2. The van der Waals surface area contributed by atoms with Gasteiger partial charge in [0.2, 0.25) is 0 Å². The zero-order valence-electron chi connectivity index (χ0n) is 11.7. The van der Waals surface area contributed by atoms with Gasteiger partial charge in [-0.2, -0.15) is 0 Å². The monoisotopic (exact) mass is 316 g/mol. The molecule has 0 amide bonds. The van der Waals surface area contributed by atoms with Gasteiger partial charge in [-0.15, -0.1) is 0 Å². The highest BCUT2D eigenvalue weighted by molar-refractivity contribution is 5.91. The van der Waals surface area contributed by atoms with E-state index in [0.29, 0.717) is 11.8 Å². The molecule has 118 valence electrons. The Bertz CT molecular complexity index is 682. The van der Waals surface area contributed by atoms with Crippen molar-refractivity contribution in [3.05, 3.63) is 70.8 Å². The van der Waals surface area contributed by atoms with Gasteiger partial charge in [0.25, 0.3) is 0 Å². The summed E-state index contributed by atoms with van der Waals surface area (Å²) in [4.78, 5) is 41.1. The molecule has 7 heteroatoms. The number of aldehydes is 1. The van der Waals surface area contributed by atoms with Crippen LogP contribution in [-0.4, -0.2) is 39.5 Å². The van der Waals surface area contributed by atoms with Crippen LogP contribution in [0, 0.1) is 0 Å². The molecule has 2 rings (SSSR count). The number of carboxylic acids is 3. The molecule has 0 fully saturated rings. The number of carbonyl (C=O) groups is 4. The maximum absolute atomic E-state index is 10.3. The van der Waals surface area contributed by atoms with Crippen molar-refractivity contribution in [3.63, 3.8) is 0 Å². The Morgan fingerprint density at radius 2 is 0.870 bits per heavy atom. The van der Waals surface area contributed by atoms with Crippen LogP contribution < -0.4 is 0 Å². The van der Waals surface area contributed by atoms with Gasteiger partial charge < -0.3 is 15.3 Å². The topological polar surface area (TPSA) is 129 Å². The van der Waals surface area contributed by atoms with Gasteiger partial charge in [-0.3, -0.25) is 4.79 Å². The van der Waals surface area contributed by atoms with Crippen LogP contribution in [0.5, 0.6) is 0 Å². The molecule has 0 heterocycles. The Morgan fingerprint density at radius 3 is 1.09 bits per heavy atom. The lowest BCUT2D eigenvalue weighted by Crippen LogP contribution is -1.99. The first-order valence-electron chi connectivity index (χ1n) is 6.20. The van der Waals surface area contributed by atoms with Crippen LogP contribution in [-0.2, 0) is 0 Å². The molecule has 2 aromatic carbocycles.